The molecular formula is C17H15F2N3O4. The molecule has 0 saturated carbocycles. The van der Waals surface area contributed by atoms with Crippen LogP contribution in [-0.2, 0) is 11.3 Å². The number of hydrogen-bond donors (Lipinski definition) is 3. The number of urea groups is 1. The number of anilines is 2. The van der Waals surface area contributed by atoms with Crippen LogP contribution in [0.25, 0.3) is 0 Å². The minimum absolute atomic E-state index is 0.101. The molecule has 3 rings (SSSR count). The van der Waals surface area contributed by atoms with Crippen LogP contribution in [0.4, 0.5) is 25.0 Å². The fraction of sp³-hybridized carbons (Fsp3) is 0.176. The lowest BCUT2D eigenvalue weighted by Crippen LogP contribution is -2.28. The minimum atomic E-state index is -3.71. The van der Waals surface area contributed by atoms with Gasteiger partial charge in [-0.05, 0) is 29.8 Å². The van der Waals surface area contributed by atoms with E-state index in [0.29, 0.717) is 5.69 Å². The van der Waals surface area contributed by atoms with Crippen molar-refractivity contribution in [1.82, 2.24) is 5.32 Å². The Morgan fingerprint density at radius 1 is 1.00 bits per heavy atom. The van der Waals surface area contributed by atoms with Gasteiger partial charge < -0.3 is 25.4 Å². The van der Waals surface area contributed by atoms with Crippen LogP contribution in [0, 0.1) is 0 Å². The molecule has 1 aliphatic heterocycles. The van der Waals surface area contributed by atoms with Crippen molar-refractivity contribution in [2.75, 3.05) is 10.6 Å². The molecule has 0 aliphatic carbocycles. The summed E-state index contributed by atoms with van der Waals surface area (Å²) < 4.78 is 34.6. The Bertz CT molecular complexity index is 858. The smallest absolute Gasteiger partial charge is 0.395 e. The molecule has 0 bridgehead atoms. The van der Waals surface area contributed by atoms with Crippen LogP contribution in [0.5, 0.6) is 11.5 Å². The monoisotopic (exact) mass is 363 g/mol. The summed E-state index contributed by atoms with van der Waals surface area (Å²) in [6.07, 6.45) is -3.71. The predicted octanol–water partition coefficient (Wildman–Crippen LogP) is 3.29. The fourth-order valence-corrected chi connectivity index (χ4v) is 2.35. The van der Waals surface area contributed by atoms with Crippen LogP contribution in [0.15, 0.2) is 42.5 Å². The van der Waals surface area contributed by atoms with Crippen molar-refractivity contribution < 1.29 is 27.8 Å². The third-order valence-electron chi connectivity index (χ3n) is 3.36. The van der Waals surface area contributed by atoms with Crippen molar-refractivity contribution >= 4 is 23.3 Å². The first-order chi connectivity index (χ1) is 12.3. The maximum Gasteiger partial charge on any atom is 0.586 e. The van der Waals surface area contributed by atoms with Crippen molar-refractivity contribution in [3.05, 3.63) is 48.0 Å². The lowest BCUT2D eigenvalue weighted by molar-refractivity contribution is -0.286. The maximum absolute atomic E-state index is 13.0. The van der Waals surface area contributed by atoms with E-state index in [1.165, 1.54) is 25.1 Å². The first kappa shape index (κ1) is 17.5. The van der Waals surface area contributed by atoms with Gasteiger partial charge in [0.05, 0.1) is 0 Å². The van der Waals surface area contributed by atoms with Crippen LogP contribution in [0.2, 0.25) is 0 Å². The van der Waals surface area contributed by atoms with Crippen molar-refractivity contribution in [2.45, 2.75) is 19.8 Å². The molecule has 2 aromatic rings. The molecule has 1 aliphatic rings. The largest absolute Gasteiger partial charge is 0.586 e. The number of ether oxygens (including phenoxy) is 2. The Labute approximate surface area is 147 Å². The van der Waals surface area contributed by atoms with Gasteiger partial charge in [0.2, 0.25) is 5.91 Å². The third-order valence-corrected chi connectivity index (χ3v) is 3.36. The lowest BCUT2D eigenvalue weighted by atomic mass is 10.2. The van der Waals surface area contributed by atoms with Gasteiger partial charge in [-0.2, -0.15) is 0 Å². The highest BCUT2D eigenvalue weighted by molar-refractivity contribution is 5.90. The SMILES string of the molecule is CC(=O)Nc1cccc(CNC(=O)Nc2ccc3c(c2)OC(F)(F)O3)c1. The number of carbonyl (C=O) groups excluding carboxylic acids is 2. The van der Waals surface area contributed by atoms with Crippen LogP contribution in [-0.4, -0.2) is 18.2 Å². The van der Waals surface area contributed by atoms with Gasteiger partial charge in [-0.25, -0.2) is 4.79 Å². The Morgan fingerprint density at radius 2 is 1.73 bits per heavy atom. The Balaban J connectivity index is 1.56. The molecule has 1 heterocycles. The summed E-state index contributed by atoms with van der Waals surface area (Å²) in [6.45, 7) is 1.61. The van der Waals surface area contributed by atoms with Crippen LogP contribution in [0.1, 0.15) is 12.5 Å². The summed E-state index contributed by atoms with van der Waals surface area (Å²) in [5.74, 6) is -0.451. The Hall–Kier alpha value is -3.36. The molecule has 0 fully saturated rings. The second kappa shape index (κ2) is 6.87. The van der Waals surface area contributed by atoms with E-state index in [-0.39, 0.29) is 29.6 Å². The van der Waals surface area contributed by atoms with Crippen molar-refractivity contribution in [3.8, 4) is 11.5 Å². The summed E-state index contributed by atoms with van der Waals surface area (Å²) in [5, 5.41) is 7.79. The van der Waals surface area contributed by atoms with E-state index in [0.717, 1.165) is 5.56 Å². The van der Waals surface area contributed by atoms with Crippen LogP contribution in [0.3, 0.4) is 0 Å². The minimum Gasteiger partial charge on any atom is -0.395 e. The first-order valence-corrected chi connectivity index (χ1v) is 7.62. The summed E-state index contributed by atoms with van der Waals surface area (Å²) in [5.41, 5.74) is 1.67. The number of carbonyl (C=O) groups is 2. The third kappa shape index (κ3) is 4.38. The van der Waals surface area contributed by atoms with Gasteiger partial charge in [-0.15, -0.1) is 8.78 Å². The van der Waals surface area contributed by atoms with E-state index >= 15 is 0 Å². The highest BCUT2D eigenvalue weighted by Crippen LogP contribution is 2.42. The molecule has 0 radical (unpaired) electrons. The standard InChI is InChI=1S/C17H15F2N3O4/c1-10(23)21-12-4-2-3-11(7-12)9-20-16(24)22-13-5-6-14-15(8-13)26-17(18,19)25-14/h2-8H,9H2,1H3,(H,21,23)(H2,20,22,24). The number of rotatable bonds is 4. The van der Waals surface area contributed by atoms with Crippen molar-refractivity contribution in [2.24, 2.45) is 0 Å². The zero-order valence-corrected chi connectivity index (χ0v) is 13.6. The zero-order chi connectivity index (χ0) is 18.7. The summed E-state index contributed by atoms with van der Waals surface area (Å²) in [6, 6.07) is 10.4. The number of fused-ring (bicyclic) bond motifs is 1. The molecule has 0 unspecified atom stereocenters. The van der Waals surface area contributed by atoms with Crippen molar-refractivity contribution in [3.63, 3.8) is 0 Å². The topological polar surface area (TPSA) is 88.7 Å². The van der Waals surface area contributed by atoms with Gasteiger partial charge in [-0.1, -0.05) is 12.1 Å². The number of hydrogen-bond acceptors (Lipinski definition) is 4. The molecule has 136 valence electrons. The fourth-order valence-electron chi connectivity index (χ4n) is 2.35. The molecular weight excluding hydrogens is 348 g/mol. The molecule has 2 aromatic carbocycles. The molecule has 3 amide bonds. The number of halogens is 2. The Morgan fingerprint density at radius 3 is 2.50 bits per heavy atom. The van der Waals surface area contributed by atoms with E-state index in [4.69, 9.17) is 0 Å². The quantitative estimate of drug-likeness (QED) is 0.778. The molecule has 7 nitrogen and oxygen atoms in total. The molecule has 26 heavy (non-hydrogen) atoms. The highest BCUT2D eigenvalue weighted by atomic mass is 19.3. The van der Waals surface area contributed by atoms with Gasteiger partial charge in [0.15, 0.2) is 11.5 Å². The average molecular weight is 363 g/mol. The second-order valence-corrected chi connectivity index (χ2v) is 5.52. The predicted molar refractivity (Wildman–Crippen MR) is 89.2 cm³/mol. The summed E-state index contributed by atoms with van der Waals surface area (Å²) in [7, 11) is 0. The van der Waals surface area contributed by atoms with Crippen LogP contribution < -0.4 is 25.4 Å². The number of nitrogens with one attached hydrogen (secondary N) is 3. The average Bonchev–Trinajstić information content (AvgIpc) is 2.86. The van der Waals surface area contributed by atoms with E-state index in [1.807, 2.05) is 0 Å². The lowest BCUT2D eigenvalue weighted by Gasteiger charge is -2.09. The van der Waals surface area contributed by atoms with E-state index in [9.17, 15) is 18.4 Å². The summed E-state index contributed by atoms with van der Waals surface area (Å²) >= 11 is 0. The van der Waals surface area contributed by atoms with E-state index < -0.39 is 12.3 Å². The van der Waals surface area contributed by atoms with Gasteiger partial charge in [0.1, 0.15) is 0 Å². The molecule has 3 N–H and O–H groups in total. The van der Waals surface area contributed by atoms with E-state index in [1.54, 1.807) is 24.3 Å². The van der Waals surface area contributed by atoms with Crippen LogP contribution >= 0.6 is 0 Å². The van der Waals surface area contributed by atoms with Gasteiger partial charge in [0, 0.05) is 30.9 Å². The molecule has 0 spiro atoms. The molecule has 9 heteroatoms. The number of alkyl halides is 2. The first-order valence-electron chi connectivity index (χ1n) is 7.62. The molecule has 0 aromatic heterocycles. The number of amides is 3. The van der Waals surface area contributed by atoms with E-state index in [2.05, 4.69) is 25.4 Å². The van der Waals surface area contributed by atoms with Gasteiger partial charge in [0.25, 0.3) is 0 Å². The second-order valence-electron chi connectivity index (χ2n) is 5.52. The Kier molecular flexibility index (Phi) is 4.61. The molecule has 0 atom stereocenters. The van der Waals surface area contributed by atoms with Gasteiger partial charge in [-0.3, -0.25) is 4.79 Å². The maximum atomic E-state index is 13.0. The van der Waals surface area contributed by atoms with Gasteiger partial charge >= 0.3 is 12.3 Å². The van der Waals surface area contributed by atoms with Crippen molar-refractivity contribution in [1.29, 1.82) is 0 Å². The molecule has 0 saturated heterocycles. The highest BCUT2D eigenvalue weighted by Gasteiger charge is 2.43. The normalized spacial score (nSPS) is 13.8. The summed E-state index contributed by atoms with van der Waals surface area (Å²) in [4.78, 5) is 23.0. The zero-order valence-electron chi connectivity index (χ0n) is 13.6. The number of benzene rings is 2.